The number of rotatable bonds is 2. The molecule has 0 unspecified atom stereocenters. The number of nitrogens with zero attached hydrogens (tertiary/aromatic N) is 2. The summed E-state index contributed by atoms with van der Waals surface area (Å²) >= 11 is 0. The van der Waals surface area contributed by atoms with Gasteiger partial charge in [0.25, 0.3) is 5.56 Å². The van der Waals surface area contributed by atoms with Crippen molar-refractivity contribution in [2.24, 2.45) is 5.92 Å². The normalized spacial score (nSPS) is 23.6. The molecule has 198 valence electrons. The van der Waals surface area contributed by atoms with Crippen LogP contribution in [0.2, 0.25) is 0 Å². The van der Waals surface area contributed by atoms with Crippen LogP contribution in [0.4, 0.5) is 0 Å². The molecule has 1 saturated heterocycles. The number of aryl methyl sites for hydroxylation is 2. The zero-order valence-corrected chi connectivity index (χ0v) is 22.0. The summed E-state index contributed by atoms with van der Waals surface area (Å²) in [5, 5.41) is 0.887. The summed E-state index contributed by atoms with van der Waals surface area (Å²) in [6.45, 7) is 3.75. The van der Waals surface area contributed by atoms with E-state index in [9.17, 15) is 14.4 Å². The molecular weight excluding hydrogens is 480 g/mol. The number of likely N-dealkylation sites (tertiary alicyclic amines) is 1. The Balaban J connectivity index is 1.15. The summed E-state index contributed by atoms with van der Waals surface area (Å²) in [5.74, 6) is 1.19. The second-order valence-corrected chi connectivity index (χ2v) is 12.0. The lowest BCUT2D eigenvalue weighted by Gasteiger charge is -2.42. The van der Waals surface area contributed by atoms with Crippen LogP contribution in [0.1, 0.15) is 73.2 Å². The highest BCUT2D eigenvalue weighted by atomic mass is 16.5. The average Bonchev–Trinajstić information content (AvgIpc) is 2.91. The van der Waals surface area contributed by atoms with E-state index in [0.29, 0.717) is 30.8 Å². The van der Waals surface area contributed by atoms with E-state index in [4.69, 9.17) is 9.15 Å². The lowest BCUT2D eigenvalue weighted by Crippen LogP contribution is -2.49. The maximum atomic E-state index is 13.5. The van der Waals surface area contributed by atoms with E-state index in [1.165, 1.54) is 19.3 Å². The van der Waals surface area contributed by atoms with Gasteiger partial charge in [-0.1, -0.05) is 12.5 Å². The molecule has 4 aliphatic rings. The zero-order valence-electron chi connectivity index (χ0n) is 22.0. The van der Waals surface area contributed by atoms with Crippen molar-refractivity contribution in [1.82, 2.24) is 9.47 Å². The summed E-state index contributed by atoms with van der Waals surface area (Å²) in [6, 6.07) is 9.40. The Bertz CT molecular complexity index is 1560. The molecule has 1 aromatic carbocycles. The third kappa shape index (κ3) is 3.89. The molecule has 2 bridgehead atoms. The monoisotopic (exact) mass is 514 g/mol. The van der Waals surface area contributed by atoms with Crippen LogP contribution in [-0.4, -0.2) is 34.1 Å². The van der Waals surface area contributed by atoms with Crippen molar-refractivity contribution in [3.8, 4) is 5.75 Å². The van der Waals surface area contributed by atoms with Crippen molar-refractivity contribution in [2.45, 2.75) is 82.8 Å². The Hall–Kier alpha value is -3.35. The minimum absolute atomic E-state index is 0.0296. The van der Waals surface area contributed by atoms with Crippen molar-refractivity contribution in [3.05, 3.63) is 73.5 Å². The van der Waals surface area contributed by atoms with Crippen molar-refractivity contribution in [2.75, 3.05) is 13.1 Å². The molecule has 2 atom stereocenters. The zero-order chi connectivity index (χ0) is 26.0. The first-order valence-electron chi connectivity index (χ1n) is 14.1. The lowest BCUT2D eigenvalue weighted by atomic mass is 9.79. The summed E-state index contributed by atoms with van der Waals surface area (Å²) in [6.07, 6.45) is 8.87. The van der Waals surface area contributed by atoms with Crippen LogP contribution >= 0.6 is 0 Å². The van der Waals surface area contributed by atoms with Crippen molar-refractivity contribution in [1.29, 1.82) is 0 Å². The minimum atomic E-state index is -0.444. The Morgan fingerprint density at radius 3 is 2.74 bits per heavy atom. The van der Waals surface area contributed by atoms with Crippen LogP contribution in [0, 0.1) is 12.8 Å². The van der Waals surface area contributed by atoms with Crippen molar-refractivity contribution < 1.29 is 13.9 Å². The first-order valence-corrected chi connectivity index (χ1v) is 14.1. The number of amides is 1. The first-order chi connectivity index (χ1) is 18.4. The fourth-order valence-corrected chi connectivity index (χ4v) is 7.51. The second-order valence-electron chi connectivity index (χ2n) is 12.0. The molecular formula is C31H34N2O5. The van der Waals surface area contributed by atoms with E-state index in [1.54, 1.807) is 12.1 Å². The number of carbonyl (C=O) groups is 1. The van der Waals surface area contributed by atoms with Gasteiger partial charge in [0.1, 0.15) is 16.9 Å². The maximum absolute atomic E-state index is 13.5. The molecule has 7 heteroatoms. The van der Waals surface area contributed by atoms with E-state index < -0.39 is 5.63 Å². The van der Waals surface area contributed by atoms with Gasteiger partial charge in [0, 0.05) is 48.8 Å². The number of benzene rings is 1. The Labute approximate surface area is 221 Å². The fourth-order valence-electron chi connectivity index (χ4n) is 7.51. The molecule has 38 heavy (non-hydrogen) atoms. The molecule has 1 spiro atoms. The van der Waals surface area contributed by atoms with E-state index in [-0.39, 0.29) is 35.3 Å². The first kappa shape index (κ1) is 23.7. The van der Waals surface area contributed by atoms with Crippen molar-refractivity contribution >= 4 is 16.9 Å². The second kappa shape index (κ2) is 8.85. The van der Waals surface area contributed by atoms with Gasteiger partial charge in [-0.05, 0) is 81.0 Å². The fraction of sp³-hybridized carbons (Fsp3) is 0.516. The van der Waals surface area contributed by atoms with Crippen LogP contribution in [0.5, 0.6) is 5.75 Å². The highest BCUT2D eigenvalue weighted by molar-refractivity contribution is 5.86. The molecule has 2 aromatic heterocycles. The van der Waals surface area contributed by atoms with Gasteiger partial charge in [-0.25, -0.2) is 4.79 Å². The van der Waals surface area contributed by atoms with Gasteiger partial charge in [0.05, 0.1) is 12.0 Å². The van der Waals surface area contributed by atoms with E-state index in [1.807, 2.05) is 28.5 Å². The molecule has 5 heterocycles. The molecule has 3 aliphatic heterocycles. The third-order valence-electron chi connectivity index (χ3n) is 9.57. The Morgan fingerprint density at radius 2 is 1.89 bits per heavy atom. The van der Waals surface area contributed by atoms with Gasteiger partial charge in [0.15, 0.2) is 0 Å². The highest BCUT2D eigenvalue weighted by Gasteiger charge is 2.38. The molecule has 7 nitrogen and oxygen atoms in total. The van der Waals surface area contributed by atoms with Crippen molar-refractivity contribution in [3.63, 3.8) is 0 Å². The molecule has 1 saturated carbocycles. The third-order valence-corrected chi connectivity index (χ3v) is 9.57. The lowest BCUT2D eigenvalue weighted by molar-refractivity contribution is -0.133. The molecule has 1 aliphatic carbocycles. The number of pyridine rings is 1. The van der Waals surface area contributed by atoms with E-state index in [2.05, 4.69) is 6.07 Å². The Kier molecular flexibility index (Phi) is 5.53. The largest absolute Gasteiger partial charge is 0.487 e. The van der Waals surface area contributed by atoms with E-state index in [0.717, 1.165) is 60.1 Å². The summed E-state index contributed by atoms with van der Waals surface area (Å²) in [4.78, 5) is 40.8. The number of fused-ring (bicyclic) bond motifs is 6. The number of hydrogen-bond acceptors (Lipinski definition) is 5. The molecule has 1 amide bonds. The van der Waals surface area contributed by atoms with Gasteiger partial charge < -0.3 is 18.6 Å². The average molecular weight is 515 g/mol. The number of ether oxygens (including phenoxy) is 1. The predicted molar refractivity (Wildman–Crippen MR) is 144 cm³/mol. The van der Waals surface area contributed by atoms with Gasteiger partial charge in [-0.3, -0.25) is 9.59 Å². The topological polar surface area (TPSA) is 81.8 Å². The smallest absolute Gasteiger partial charge is 0.340 e. The van der Waals surface area contributed by atoms with E-state index >= 15 is 0 Å². The molecule has 0 radical (unpaired) electrons. The number of hydrogen-bond donors (Lipinski definition) is 0. The summed E-state index contributed by atoms with van der Waals surface area (Å²) in [5.41, 5.74) is 3.47. The van der Waals surface area contributed by atoms with Gasteiger partial charge in [-0.15, -0.1) is 0 Å². The van der Waals surface area contributed by atoms with Crippen LogP contribution in [0.25, 0.3) is 11.0 Å². The molecule has 0 N–H and O–H groups in total. The summed E-state index contributed by atoms with van der Waals surface area (Å²) in [7, 11) is 0. The quantitative estimate of drug-likeness (QED) is 0.471. The van der Waals surface area contributed by atoms with Gasteiger partial charge in [0.2, 0.25) is 5.91 Å². The van der Waals surface area contributed by atoms with Gasteiger partial charge in [-0.2, -0.15) is 0 Å². The van der Waals surface area contributed by atoms with Crippen LogP contribution in [0.3, 0.4) is 0 Å². The maximum Gasteiger partial charge on any atom is 0.340 e. The van der Waals surface area contributed by atoms with Crippen LogP contribution < -0.4 is 15.9 Å². The highest BCUT2D eigenvalue weighted by Crippen LogP contribution is 2.43. The Morgan fingerprint density at radius 1 is 1.05 bits per heavy atom. The standard InChI is InChI=1S/C31H34N2O5/c1-19-23-13-21-8-11-31(9-3-2-4-10-31)38-26(21)15-27(23)37-30(36)24(19)14-29(35)32-16-20-12-22(18-32)25-6-5-7-28(34)33(25)17-20/h5-7,13,15,20,22H,2-4,8-12,14,16-18H2,1H3/t20-,22+/m1/s1. The van der Waals surface area contributed by atoms with Gasteiger partial charge >= 0.3 is 5.63 Å². The number of carbonyl (C=O) groups excluding carboxylic acids is 1. The molecule has 2 fully saturated rings. The van der Waals surface area contributed by atoms with Crippen LogP contribution in [-0.2, 0) is 24.2 Å². The summed E-state index contributed by atoms with van der Waals surface area (Å²) < 4.78 is 14.2. The van der Waals surface area contributed by atoms with Crippen LogP contribution in [0.15, 0.2) is 44.3 Å². The SMILES string of the molecule is Cc1c(CC(=O)N2C[C@H]3C[C@@H](C2)c2cccc(=O)n2C3)c(=O)oc2cc3c(cc12)CCC1(CCCCC1)O3. The molecule has 7 rings (SSSR count). The predicted octanol–water partition coefficient (Wildman–Crippen LogP) is 4.48. The number of piperidine rings is 1. The minimum Gasteiger partial charge on any atom is -0.487 e. The number of aromatic nitrogens is 1. The molecule has 3 aromatic rings.